The Morgan fingerprint density at radius 1 is 1.47 bits per heavy atom. The zero-order valence-corrected chi connectivity index (χ0v) is 10.3. The van der Waals surface area contributed by atoms with Crippen molar-refractivity contribution in [3.8, 4) is 0 Å². The molecule has 0 fully saturated rings. The van der Waals surface area contributed by atoms with Crippen LogP contribution in [0, 0.1) is 12.8 Å². The molecule has 0 saturated heterocycles. The standard InChI is InChI=1S/C13H17ClO/c1-4-11(10(3)15)8-12-6-5-9(2)7-13(12)14/h5-7,11H,4,8H2,1-3H3. The van der Waals surface area contributed by atoms with E-state index in [-0.39, 0.29) is 11.7 Å². The molecule has 0 aliphatic rings. The van der Waals surface area contributed by atoms with Crippen molar-refractivity contribution >= 4 is 17.4 Å². The van der Waals surface area contributed by atoms with Crippen molar-refractivity contribution in [1.82, 2.24) is 0 Å². The van der Waals surface area contributed by atoms with Crippen LogP contribution in [0.1, 0.15) is 31.4 Å². The van der Waals surface area contributed by atoms with Gasteiger partial charge in [0.1, 0.15) is 5.78 Å². The molecule has 0 N–H and O–H groups in total. The molecule has 0 aliphatic carbocycles. The first-order chi connectivity index (χ1) is 7.04. The van der Waals surface area contributed by atoms with E-state index >= 15 is 0 Å². The van der Waals surface area contributed by atoms with E-state index in [0.29, 0.717) is 0 Å². The van der Waals surface area contributed by atoms with Crippen LogP contribution in [0.25, 0.3) is 0 Å². The average molecular weight is 225 g/mol. The summed E-state index contributed by atoms with van der Waals surface area (Å²) in [5.41, 5.74) is 2.23. The molecule has 1 aromatic rings. The van der Waals surface area contributed by atoms with Gasteiger partial charge in [-0.2, -0.15) is 0 Å². The van der Waals surface area contributed by atoms with Gasteiger partial charge in [0, 0.05) is 10.9 Å². The van der Waals surface area contributed by atoms with Gasteiger partial charge in [-0.15, -0.1) is 0 Å². The number of hydrogen-bond acceptors (Lipinski definition) is 1. The van der Waals surface area contributed by atoms with Crippen molar-refractivity contribution in [2.24, 2.45) is 5.92 Å². The van der Waals surface area contributed by atoms with Gasteiger partial charge in [-0.05, 0) is 43.9 Å². The number of carbonyl (C=O) groups excluding carboxylic acids is 1. The van der Waals surface area contributed by atoms with E-state index in [4.69, 9.17) is 11.6 Å². The maximum Gasteiger partial charge on any atom is 0.133 e. The molecule has 0 saturated carbocycles. The number of ketones is 1. The van der Waals surface area contributed by atoms with Gasteiger partial charge < -0.3 is 0 Å². The minimum atomic E-state index is 0.102. The third-order valence-corrected chi connectivity index (χ3v) is 3.09. The molecule has 1 unspecified atom stereocenters. The van der Waals surface area contributed by atoms with E-state index in [1.165, 1.54) is 0 Å². The van der Waals surface area contributed by atoms with Crippen LogP contribution in [-0.2, 0) is 11.2 Å². The second kappa shape index (κ2) is 5.32. The summed E-state index contributed by atoms with van der Waals surface area (Å²) in [5, 5.41) is 0.773. The van der Waals surface area contributed by atoms with E-state index in [1.807, 2.05) is 32.0 Å². The average Bonchev–Trinajstić information content (AvgIpc) is 2.16. The SMILES string of the molecule is CCC(Cc1ccc(C)cc1Cl)C(C)=O. The summed E-state index contributed by atoms with van der Waals surface area (Å²) in [5.74, 6) is 0.347. The van der Waals surface area contributed by atoms with Gasteiger partial charge >= 0.3 is 0 Å². The zero-order valence-electron chi connectivity index (χ0n) is 9.51. The highest BCUT2D eigenvalue weighted by molar-refractivity contribution is 6.31. The lowest BCUT2D eigenvalue weighted by atomic mass is 9.93. The van der Waals surface area contributed by atoms with E-state index in [9.17, 15) is 4.79 Å². The second-order valence-electron chi connectivity index (χ2n) is 4.01. The van der Waals surface area contributed by atoms with Crippen LogP contribution in [0.5, 0.6) is 0 Å². The molecule has 1 nitrogen and oxygen atoms in total. The molecule has 1 aromatic carbocycles. The molecule has 82 valence electrons. The summed E-state index contributed by atoms with van der Waals surface area (Å²) < 4.78 is 0. The molecule has 0 radical (unpaired) electrons. The maximum atomic E-state index is 11.3. The lowest BCUT2D eigenvalue weighted by Gasteiger charge is -2.12. The summed E-state index contributed by atoms with van der Waals surface area (Å²) in [6.07, 6.45) is 1.63. The Kier molecular flexibility index (Phi) is 4.34. The first-order valence-electron chi connectivity index (χ1n) is 5.30. The van der Waals surface area contributed by atoms with Crippen molar-refractivity contribution in [3.63, 3.8) is 0 Å². The number of aryl methyl sites for hydroxylation is 1. The predicted molar refractivity (Wildman–Crippen MR) is 64.4 cm³/mol. The van der Waals surface area contributed by atoms with Crippen molar-refractivity contribution in [1.29, 1.82) is 0 Å². The molecule has 1 rings (SSSR count). The van der Waals surface area contributed by atoms with Crippen molar-refractivity contribution in [2.75, 3.05) is 0 Å². The highest BCUT2D eigenvalue weighted by Crippen LogP contribution is 2.22. The van der Waals surface area contributed by atoms with Gasteiger partial charge in [-0.3, -0.25) is 4.79 Å². The molecule has 1 atom stereocenters. The van der Waals surface area contributed by atoms with E-state index < -0.39 is 0 Å². The van der Waals surface area contributed by atoms with Gasteiger partial charge in [0.05, 0.1) is 0 Å². The number of halogens is 1. The highest BCUT2D eigenvalue weighted by Gasteiger charge is 2.14. The monoisotopic (exact) mass is 224 g/mol. The minimum Gasteiger partial charge on any atom is -0.300 e. The van der Waals surface area contributed by atoms with Gasteiger partial charge in [-0.1, -0.05) is 30.7 Å². The topological polar surface area (TPSA) is 17.1 Å². The molecule has 15 heavy (non-hydrogen) atoms. The van der Waals surface area contributed by atoms with E-state index in [0.717, 1.165) is 29.0 Å². The van der Waals surface area contributed by atoms with Gasteiger partial charge in [0.2, 0.25) is 0 Å². The number of Topliss-reactive ketones (excluding diaryl/α,β-unsaturated/α-hetero) is 1. The normalized spacial score (nSPS) is 12.5. The lowest BCUT2D eigenvalue weighted by molar-refractivity contribution is -0.120. The second-order valence-corrected chi connectivity index (χ2v) is 4.42. The molecule has 0 spiro atoms. The minimum absolute atomic E-state index is 0.102. The molecule has 0 aromatic heterocycles. The molecule has 0 bridgehead atoms. The fraction of sp³-hybridized carbons (Fsp3) is 0.462. The van der Waals surface area contributed by atoms with Crippen molar-refractivity contribution < 1.29 is 4.79 Å². The first kappa shape index (κ1) is 12.3. The molecular formula is C13H17ClO. The largest absolute Gasteiger partial charge is 0.300 e. The Morgan fingerprint density at radius 2 is 2.13 bits per heavy atom. The number of hydrogen-bond donors (Lipinski definition) is 0. The Labute approximate surface area is 96.5 Å². The Hall–Kier alpha value is -0.820. The smallest absolute Gasteiger partial charge is 0.133 e. The van der Waals surface area contributed by atoms with Crippen molar-refractivity contribution in [3.05, 3.63) is 34.3 Å². The number of carbonyl (C=O) groups is 1. The highest BCUT2D eigenvalue weighted by atomic mass is 35.5. The van der Waals surface area contributed by atoms with Gasteiger partial charge in [0.15, 0.2) is 0 Å². The van der Waals surface area contributed by atoms with Gasteiger partial charge in [-0.25, -0.2) is 0 Å². The summed E-state index contributed by atoms with van der Waals surface area (Å²) in [4.78, 5) is 11.3. The van der Waals surface area contributed by atoms with Crippen LogP contribution >= 0.6 is 11.6 Å². The summed E-state index contributed by atoms with van der Waals surface area (Å²) in [6.45, 7) is 5.70. The predicted octanol–water partition coefficient (Wildman–Crippen LogP) is 3.81. The fourth-order valence-corrected chi connectivity index (χ4v) is 1.97. The molecule has 0 amide bonds. The summed E-state index contributed by atoms with van der Waals surface area (Å²) >= 11 is 6.12. The van der Waals surface area contributed by atoms with Gasteiger partial charge in [0.25, 0.3) is 0 Å². The fourth-order valence-electron chi connectivity index (χ4n) is 1.66. The first-order valence-corrected chi connectivity index (χ1v) is 5.67. The van der Waals surface area contributed by atoms with Crippen LogP contribution in [0.2, 0.25) is 5.02 Å². The molecule has 2 heteroatoms. The quantitative estimate of drug-likeness (QED) is 0.760. The van der Waals surface area contributed by atoms with E-state index in [1.54, 1.807) is 6.92 Å². The molecule has 0 aliphatic heterocycles. The lowest BCUT2D eigenvalue weighted by Crippen LogP contribution is -2.13. The Balaban J connectivity index is 2.84. The van der Waals surface area contributed by atoms with Crippen molar-refractivity contribution in [2.45, 2.75) is 33.6 Å². The zero-order chi connectivity index (χ0) is 11.4. The van der Waals surface area contributed by atoms with Crippen LogP contribution in [0.15, 0.2) is 18.2 Å². The molecule has 0 heterocycles. The summed E-state index contributed by atoms with van der Waals surface area (Å²) in [6, 6.07) is 6.00. The van der Waals surface area contributed by atoms with E-state index in [2.05, 4.69) is 0 Å². The van der Waals surface area contributed by atoms with Crippen LogP contribution in [0.4, 0.5) is 0 Å². The molecular weight excluding hydrogens is 208 g/mol. The third kappa shape index (κ3) is 3.35. The van der Waals surface area contributed by atoms with Crippen LogP contribution < -0.4 is 0 Å². The summed E-state index contributed by atoms with van der Waals surface area (Å²) in [7, 11) is 0. The third-order valence-electron chi connectivity index (χ3n) is 2.74. The Morgan fingerprint density at radius 3 is 2.60 bits per heavy atom. The Bertz CT molecular complexity index is 358. The number of rotatable bonds is 4. The van der Waals surface area contributed by atoms with Crippen LogP contribution in [-0.4, -0.2) is 5.78 Å². The van der Waals surface area contributed by atoms with Crippen LogP contribution in [0.3, 0.4) is 0 Å². The maximum absolute atomic E-state index is 11.3. The number of benzene rings is 1.